The van der Waals surface area contributed by atoms with Crippen LogP contribution in [0.25, 0.3) is 0 Å². The summed E-state index contributed by atoms with van der Waals surface area (Å²) in [4.78, 5) is 33.2. The fourth-order valence-corrected chi connectivity index (χ4v) is 2.57. The van der Waals surface area contributed by atoms with E-state index in [1.54, 1.807) is 0 Å². The fraction of sp³-hybridized carbons (Fsp3) is 0.385. The molecule has 0 aliphatic heterocycles. The van der Waals surface area contributed by atoms with Gasteiger partial charge in [-0.3, -0.25) is 19.7 Å². The first-order valence-corrected chi connectivity index (χ1v) is 6.38. The normalized spacial score (nSPS) is 21.0. The molecule has 1 aromatic rings. The summed E-state index contributed by atoms with van der Waals surface area (Å²) in [7, 11) is 0. The standard InChI is InChI=1S/C13H13FN2O5/c14-9-5-2-6-10(16(20)21)11(9)15-12(17)7-3-1-4-8(7)13(18)19/h2,5-8H,1,3-4H2,(H,15,17)(H,18,19)/t7-,8+/m1/s1. The smallest absolute Gasteiger partial charge is 0.307 e. The van der Waals surface area contributed by atoms with Crippen LogP contribution in [0.4, 0.5) is 15.8 Å². The zero-order chi connectivity index (χ0) is 15.6. The van der Waals surface area contributed by atoms with E-state index in [1.165, 1.54) is 6.07 Å². The number of nitrogens with zero attached hydrogens (tertiary/aromatic N) is 1. The number of halogens is 1. The number of nitro groups is 1. The van der Waals surface area contributed by atoms with Gasteiger partial charge in [-0.25, -0.2) is 4.39 Å². The zero-order valence-electron chi connectivity index (χ0n) is 10.9. The highest BCUT2D eigenvalue weighted by Gasteiger charge is 2.38. The molecule has 0 heterocycles. The van der Waals surface area contributed by atoms with Gasteiger partial charge >= 0.3 is 5.97 Å². The first-order valence-electron chi connectivity index (χ1n) is 6.38. The molecule has 0 radical (unpaired) electrons. The highest BCUT2D eigenvalue weighted by molar-refractivity contribution is 5.97. The minimum Gasteiger partial charge on any atom is -0.481 e. The number of benzene rings is 1. The number of para-hydroxylation sites is 1. The summed E-state index contributed by atoms with van der Waals surface area (Å²) in [6.07, 6.45) is 1.31. The van der Waals surface area contributed by atoms with Crippen LogP contribution in [0, 0.1) is 27.8 Å². The van der Waals surface area contributed by atoms with Gasteiger partial charge in [0.2, 0.25) is 5.91 Å². The van der Waals surface area contributed by atoms with E-state index < -0.39 is 45.8 Å². The number of nitrogens with one attached hydrogen (secondary N) is 1. The van der Waals surface area contributed by atoms with Crippen molar-refractivity contribution in [1.29, 1.82) is 0 Å². The van der Waals surface area contributed by atoms with Gasteiger partial charge in [-0.05, 0) is 18.9 Å². The number of anilines is 1. The summed E-state index contributed by atoms with van der Waals surface area (Å²) >= 11 is 0. The Morgan fingerprint density at radius 1 is 1.33 bits per heavy atom. The number of hydrogen-bond donors (Lipinski definition) is 2. The third kappa shape index (κ3) is 2.99. The molecule has 7 nitrogen and oxygen atoms in total. The fourth-order valence-electron chi connectivity index (χ4n) is 2.57. The first-order chi connectivity index (χ1) is 9.91. The van der Waals surface area contributed by atoms with Gasteiger partial charge in [0.05, 0.1) is 16.8 Å². The Morgan fingerprint density at radius 3 is 2.62 bits per heavy atom. The van der Waals surface area contributed by atoms with E-state index in [-0.39, 0.29) is 0 Å². The molecule has 1 saturated carbocycles. The zero-order valence-corrected chi connectivity index (χ0v) is 10.9. The number of carbonyl (C=O) groups excluding carboxylic acids is 1. The minimum atomic E-state index is -1.09. The number of aliphatic carboxylic acids is 1. The summed E-state index contributed by atoms with van der Waals surface area (Å²) in [6, 6.07) is 3.23. The molecule has 2 atom stereocenters. The van der Waals surface area contributed by atoms with Crippen LogP contribution in [-0.2, 0) is 9.59 Å². The van der Waals surface area contributed by atoms with Gasteiger partial charge in [-0.15, -0.1) is 0 Å². The van der Waals surface area contributed by atoms with Crippen molar-refractivity contribution in [2.75, 3.05) is 5.32 Å². The first kappa shape index (κ1) is 14.9. The van der Waals surface area contributed by atoms with Crippen molar-refractivity contribution >= 4 is 23.3 Å². The predicted molar refractivity (Wildman–Crippen MR) is 70.2 cm³/mol. The molecule has 1 aromatic carbocycles. The molecule has 0 unspecified atom stereocenters. The molecule has 21 heavy (non-hydrogen) atoms. The average Bonchev–Trinajstić information content (AvgIpc) is 2.90. The number of hydrogen-bond acceptors (Lipinski definition) is 4. The molecule has 1 aliphatic rings. The summed E-state index contributed by atoms with van der Waals surface area (Å²) in [5, 5.41) is 22.0. The highest BCUT2D eigenvalue weighted by atomic mass is 19.1. The molecule has 1 fully saturated rings. The molecule has 0 saturated heterocycles. The van der Waals surface area contributed by atoms with Crippen LogP contribution in [0.1, 0.15) is 19.3 Å². The Morgan fingerprint density at radius 2 is 2.00 bits per heavy atom. The Balaban J connectivity index is 2.24. The van der Waals surface area contributed by atoms with Crippen LogP contribution in [0.15, 0.2) is 18.2 Å². The molecule has 2 rings (SSSR count). The number of carboxylic acids is 1. The molecule has 0 aromatic heterocycles. The van der Waals surface area contributed by atoms with Gasteiger partial charge in [0.25, 0.3) is 5.69 Å². The van der Waals surface area contributed by atoms with Gasteiger partial charge in [-0.2, -0.15) is 0 Å². The van der Waals surface area contributed by atoms with E-state index in [0.29, 0.717) is 19.3 Å². The second kappa shape index (κ2) is 5.86. The van der Waals surface area contributed by atoms with E-state index >= 15 is 0 Å². The van der Waals surface area contributed by atoms with Crippen LogP contribution in [0.2, 0.25) is 0 Å². The summed E-state index contributed by atoms with van der Waals surface area (Å²) < 4.78 is 13.7. The Kier molecular flexibility index (Phi) is 4.15. The number of carboxylic acid groups (broad SMARTS) is 1. The summed E-state index contributed by atoms with van der Waals surface area (Å²) in [5.41, 5.74) is -1.09. The lowest BCUT2D eigenvalue weighted by molar-refractivity contribution is -0.384. The van der Waals surface area contributed by atoms with Gasteiger partial charge in [0, 0.05) is 6.07 Å². The number of nitro benzene ring substituents is 1. The van der Waals surface area contributed by atoms with Crippen LogP contribution < -0.4 is 5.32 Å². The van der Waals surface area contributed by atoms with E-state index in [0.717, 1.165) is 12.1 Å². The van der Waals surface area contributed by atoms with Crippen LogP contribution in [0.3, 0.4) is 0 Å². The van der Waals surface area contributed by atoms with E-state index in [4.69, 9.17) is 5.11 Å². The van der Waals surface area contributed by atoms with Gasteiger partial charge < -0.3 is 10.4 Å². The lowest BCUT2D eigenvalue weighted by Crippen LogP contribution is -2.30. The van der Waals surface area contributed by atoms with E-state index in [1.807, 2.05) is 0 Å². The molecule has 0 bridgehead atoms. The lowest BCUT2D eigenvalue weighted by atomic mass is 9.95. The summed E-state index contributed by atoms with van der Waals surface area (Å²) in [6.45, 7) is 0. The largest absolute Gasteiger partial charge is 0.481 e. The molecule has 2 N–H and O–H groups in total. The van der Waals surface area contributed by atoms with Crippen molar-refractivity contribution < 1.29 is 24.0 Å². The van der Waals surface area contributed by atoms with Gasteiger partial charge in [-0.1, -0.05) is 12.5 Å². The number of amides is 1. The molecule has 1 amide bonds. The molecule has 8 heteroatoms. The maximum atomic E-state index is 13.7. The maximum absolute atomic E-state index is 13.7. The second-order valence-electron chi connectivity index (χ2n) is 4.86. The quantitative estimate of drug-likeness (QED) is 0.653. The third-order valence-electron chi connectivity index (χ3n) is 3.61. The maximum Gasteiger partial charge on any atom is 0.307 e. The molecular formula is C13H13FN2O5. The Labute approximate surface area is 118 Å². The SMILES string of the molecule is O=C(O)[C@H]1CCC[C@H]1C(=O)Nc1c(F)cccc1[N+](=O)[O-]. The van der Waals surface area contributed by atoms with Crippen molar-refractivity contribution in [3.8, 4) is 0 Å². The predicted octanol–water partition coefficient (Wildman–Crippen LogP) is 2.17. The minimum absolute atomic E-state index is 0.366. The topological polar surface area (TPSA) is 110 Å². The van der Waals surface area contributed by atoms with Gasteiger partial charge in [0.15, 0.2) is 11.5 Å². The van der Waals surface area contributed by atoms with Crippen molar-refractivity contribution in [3.63, 3.8) is 0 Å². The second-order valence-corrected chi connectivity index (χ2v) is 4.86. The van der Waals surface area contributed by atoms with Crippen LogP contribution in [0.5, 0.6) is 0 Å². The van der Waals surface area contributed by atoms with Crippen LogP contribution in [-0.4, -0.2) is 21.9 Å². The van der Waals surface area contributed by atoms with Gasteiger partial charge in [0.1, 0.15) is 0 Å². The lowest BCUT2D eigenvalue weighted by Gasteiger charge is -2.15. The molecule has 0 spiro atoms. The van der Waals surface area contributed by atoms with Crippen molar-refractivity contribution in [2.45, 2.75) is 19.3 Å². The molecule has 112 valence electrons. The number of rotatable bonds is 4. The average molecular weight is 296 g/mol. The number of carbonyl (C=O) groups is 2. The van der Waals surface area contributed by atoms with Crippen molar-refractivity contribution in [3.05, 3.63) is 34.1 Å². The van der Waals surface area contributed by atoms with E-state index in [9.17, 15) is 24.1 Å². The Hall–Kier alpha value is -2.51. The third-order valence-corrected chi connectivity index (χ3v) is 3.61. The molecular weight excluding hydrogens is 283 g/mol. The van der Waals surface area contributed by atoms with Crippen LogP contribution >= 0.6 is 0 Å². The van der Waals surface area contributed by atoms with Crippen molar-refractivity contribution in [1.82, 2.24) is 0 Å². The van der Waals surface area contributed by atoms with Crippen molar-refractivity contribution in [2.24, 2.45) is 11.8 Å². The highest BCUT2D eigenvalue weighted by Crippen LogP contribution is 2.34. The Bertz CT molecular complexity index is 604. The van der Waals surface area contributed by atoms with E-state index in [2.05, 4.69) is 5.32 Å². The summed E-state index contributed by atoms with van der Waals surface area (Å²) in [5.74, 6) is -4.36. The molecule has 1 aliphatic carbocycles. The monoisotopic (exact) mass is 296 g/mol.